The molecule has 0 fully saturated rings. The van der Waals surface area contributed by atoms with Crippen molar-refractivity contribution in [2.75, 3.05) is 5.32 Å². The van der Waals surface area contributed by atoms with Crippen molar-refractivity contribution < 1.29 is 43.6 Å². The molecule has 0 aromatic heterocycles. The summed E-state index contributed by atoms with van der Waals surface area (Å²) in [5, 5.41) is 2.04. The highest BCUT2D eigenvalue weighted by atomic mass is 32.3. The van der Waals surface area contributed by atoms with Gasteiger partial charge in [0.25, 0.3) is 26.0 Å². The van der Waals surface area contributed by atoms with Crippen LogP contribution >= 0.6 is 0 Å². The van der Waals surface area contributed by atoms with Gasteiger partial charge in [0.2, 0.25) is 0 Å². The first-order valence-corrected chi connectivity index (χ1v) is 11.6. The fraction of sp³-hybridized carbons (Fsp3) is 0. The molecule has 0 aliphatic carbocycles. The topological polar surface area (TPSA) is 109 Å². The molecule has 0 radical (unpaired) electrons. The van der Waals surface area contributed by atoms with Crippen LogP contribution in [-0.4, -0.2) is 22.7 Å². The fourth-order valence-electron chi connectivity index (χ4n) is 2.50. The van der Waals surface area contributed by atoms with Gasteiger partial charge < -0.3 is 5.32 Å². The molecule has 3 aromatic carbocycles. The van der Waals surface area contributed by atoms with Crippen molar-refractivity contribution in [1.29, 1.82) is 0 Å². The second kappa shape index (κ2) is 8.88. The molecule has 14 heteroatoms. The maximum absolute atomic E-state index is 14.1. The van der Waals surface area contributed by atoms with Crippen molar-refractivity contribution in [1.82, 2.24) is 4.13 Å². The molecule has 0 atom stereocenters. The van der Waals surface area contributed by atoms with Gasteiger partial charge in [0.05, 0.1) is 15.4 Å². The molecule has 3 aromatic rings. The van der Waals surface area contributed by atoms with Gasteiger partial charge in [-0.1, -0.05) is 0 Å². The summed E-state index contributed by atoms with van der Waals surface area (Å²) in [6.45, 7) is 0. The molecule has 0 bridgehead atoms. The minimum absolute atomic E-state index is 0.249. The SMILES string of the molecule is O=C(Nc1ccc(F)c(F)c1)c1cc(S(=O)(=O)NS(=O)(=O)c2ccc(F)c(F)c2)ccc1F. The summed E-state index contributed by atoms with van der Waals surface area (Å²) in [6.07, 6.45) is 0. The Hall–Kier alpha value is -3.36. The van der Waals surface area contributed by atoms with Crippen LogP contribution in [-0.2, 0) is 20.0 Å². The Balaban J connectivity index is 1.91. The average molecular weight is 506 g/mol. The summed E-state index contributed by atoms with van der Waals surface area (Å²) in [7, 11) is -9.88. The maximum Gasteiger partial charge on any atom is 0.258 e. The monoisotopic (exact) mass is 506 g/mol. The highest BCUT2D eigenvalue weighted by Crippen LogP contribution is 2.21. The van der Waals surface area contributed by atoms with E-state index in [1.54, 1.807) is 0 Å². The van der Waals surface area contributed by atoms with Crippen molar-refractivity contribution in [2.45, 2.75) is 9.79 Å². The number of nitrogens with one attached hydrogen (secondary N) is 2. The number of carbonyl (C=O) groups is 1. The van der Waals surface area contributed by atoms with Gasteiger partial charge >= 0.3 is 0 Å². The van der Waals surface area contributed by atoms with Gasteiger partial charge in [0.1, 0.15) is 5.82 Å². The molecule has 0 unspecified atom stereocenters. The Morgan fingerprint density at radius 2 is 1.09 bits per heavy atom. The summed E-state index contributed by atoms with van der Waals surface area (Å²) >= 11 is 0. The third-order valence-electron chi connectivity index (χ3n) is 4.09. The number of amides is 1. The van der Waals surface area contributed by atoms with Crippen LogP contribution in [0.4, 0.5) is 27.6 Å². The number of sulfonamides is 2. The number of rotatable bonds is 6. The molecule has 7 nitrogen and oxygen atoms in total. The van der Waals surface area contributed by atoms with E-state index in [0.717, 1.165) is 6.07 Å². The standard InChI is InChI=1S/C19H11F5N2O5S2/c20-14-5-2-11(8-13(14)19(27)25-10-1-4-15(21)17(23)7-10)32(28,29)26-33(30,31)12-3-6-16(22)18(24)9-12/h1-9,26H,(H,25,27). The Labute approximate surface area is 184 Å². The van der Waals surface area contributed by atoms with E-state index in [1.165, 1.54) is 4.13 Å². The number of carbonyl (C=O) groups excluding carboxylic acids is 1. The van der Waals surface area contributed by atoms with Crippen molar-refractivity contribution in [3.63, 3.8) is 0 Å². The van der Waals surface area contributed by atoms with Crippen LogP contribution in [0.25, 0.3) is 0 Å². The maximum atomic E-state index is 14.1. The predicted octanol–water partition coefficient (Wildman–Crippen LogP) is 3.30. The van der Waals surface area contributed by atoms with Gasteiger partial charge in [-0.05, 0) is 48.5 Å². The molecule has 0 saturated carbocycles. The van der Waals surface area contributed by atoms with E-state index >= 15 is 0 Å². The normalized spacial score (nSPS) is 11.9. The fourth-order valence-corrected chi connectivity index (χ4v) is 5.45. The molecular formula is C19H11F5N2O5S2. The lowest BCUT2D eigenvalue weighted by atomic mass is 10.2. The third kappa shape index (κ3) is 5.35. The van der Waals surface area contributed by atoms with Gasteiger partial charge in [-0.15, -0.1) is 4.13 Å². The smallest absolute Gasteiger partial charge is 0.258 e. The van der Waals surface area contributed by atoms with E-state index in [0.29, 0.717) is 42.5 Å². The molecule has 0 heterocycles. The van der Waals surface area contributed by atoms with Gasteiger partial charge in [-0.2, -0.15) is 0 Å². The van der Waals surface area contributed by atoms with E-state index in [2.05, 4.69) is 0 Å². The highest BCUT2D eigenvalue weighted by Gasteiger charge is 2.27. The van der Waals surface area contributed by atoms with Crippen LogP contribution in [0.15, 0.2) is 64.4 Å². The zero-order valence-electron chi connectivity index (χ0n) is 15.9. The Morgan fingerprint density at radius 3 is 1.64 bits per heavy atom. The predicted molar refractivity (Wildman–Crippen MR) is 105 cm³/mol. The first-order valence-electron chi connectivity index (χ1n) is 8.60. The van der Waals surface area contributed by atoms with Gasteiger partial charge in [0, 0.05) is 11.8 Å². The Kier molecular flexibility index (Phi) is 6.53. The van der Waals surface area contributed by atoms with Gasteiger partial charge in [-0.3, -0.25) is 4.79 Å². The number of hydrogen-bond donors (Lipinski definition) is 2. The van der Waals surface area contributed by atoms with Crippen LogP contribution in [0.2, 0.25) is 0 Å². The van der Waals surface area contributed by atoms with Crippen LogP contribution in [0.3, 0.4) is 0 Å². The second-order valence-corrected chi connectivity index (χ2v) is 10.0. The van der Waals surface area contributed by atoms with E-state index in [9.17, 15) is 43.6 Å². The molecule has 0 spiro atoms. The van der Waals surface area contributed by atoms with E-state index in [4.69, 9.17) is 0 Å². The van der Waals surface area contributed by atoms with Crippen LogP contribution < -0.4 is 9.44 Å². The van der Waals surface area contributed by atoms with Crippen LogP contribution in [0, 0.1) is 29.1 Å². The van der Waals surface area contributed by atoms with Crippen molar-refractivity contribution >= 4 is 31.6 Å². The first-order chi connectivity index (χ1) is 15.3. The molecule has 0 aliphatic heterocycles. The molecule has 3 rings (SSSR count). The van der Waals surface area contributed by atoms with Crippen LogP contribution in [0.5, 0.6) is 0 Å². The van der Waals surface area contributed by atoms with Crippen LogP contribution in [0.1, 0.15) is 10.4 Å². The second-order valence-electron chi connectivity index (χ2n) is 6.39. The lowest BCUT2D eigenvalue weighted by molar-refractivity contribution is 0.102. The lowest BCUT2D eigenvalue weighted by Crippen LogP contribution is -2.31. The zero-order valence-corrected chi connectivity index (χ0v) is 17.6. The third-order valence-corrected chi connectivity index (χ3v) is 7.60. The number of benzene rings is 3. The van der Waals surface area contributed by atoms with E-state index < -0.39 is 70.4 Å². The summed E-state index contributed by atoms with van der Waals surface area (Å²) in [6, 6.07) is 5.27. The van der Waals surface area contributed by atoms with Crippen molar-refractivity contribution in [2.24, 2.45) is 0 Å². The summed E-state index contributed by atoms with van der Waals surface area (Å²) < 4.78 is 118. The first kappa shape index (κ1) is 24.3. The summed E-state index contributed by atoms with van der Waals surface area (Å²) in [5.41, 5.74) is -1.14. The van der Waals surface area contributed by atoms with E-state index in [-0.39, 0.29) is 11.8 Å². The highest BCUT2D eigenvalue weighted by molar-refractivity contribution is 8.04. The lowest BCUT2D eigenvalue weighted by Gasteiger charge is -2.11. The number of hydrogen-bond acceptors (Lipinski definition) is 5. The summed E-state index contributed by atoms with van der Waals surface area (Å²) in [4.78, 5) is 10.5. The van der Waals surface area contributed by atoms with Crippen molar-refractivity contribution in [3.8, 4) is 0 Å². The van der Waals surface area contributed by atoms with Gasteiger partial charge in [-0.25, -0.2) is 38.8 Å². The van der Waals surface area contributed by atoms with E-state index in [1.807, 2.05) is 5.32 Å². The Morgan fingerprint density at radius 1 is 0.606 bits per heavy atom. The molecule has 1 amide bonds. The molecular weight excluding hydrogens is 495 g/mol. The molecule has 0 saturated heterocycles. The molecule has 174 valence electrons. The number of anilines is 1. The molecule has 33 heavy (non-hydrogen) atoms. The minimum Gasteiger partial charge on any atom is -0.322 e. The number of halogens is 5. The minimum atomic E-state index is -4.96. The summed E-state index contributed by atoms with van der Waals surface area (Å²) in [5.74, 6) is -7.89. The molecule has 2 N–H and O–H groups in total. The molecule has 0 aliphatic rings. The van der Waals surface area contributed by atoms with Gasteiger partial charge in [0.15, 0.2) is 23.3 Å². The zero-order chi connectivity index (χ0) is 24.6. The average Bonchev–Trinajstić information content (AvgIpc) is 2.72. The largest absolute Gasteiger partial charge is 0.322 e. The quantitative estimate of drug-likeness (QED) is 0.499. The van der Waals surface area contributed by atoms with Crippen molar-refractivity contribution in [3.05, 3.63) is 89.2 Å². The Bertz CT molecular complexity index is 1480.